The maximum absolute atomic E-state index is 2.55. The van der Waals surface area contributed by atoms with Crippen LogP contribution < -0.4 is 4.90 Å². The second-order valence-electron chi connectivity index (χ2n) is 4.74. The second kappa shape index (κ2) is 3.93. The van der Waals surface area contributed by atoms with Gasteiger partial charge in [-0.15, -0.1) is 11.3 Å². The fourth-order valence-electron chi connectivity index (χ4n) is 2.43. The first-order valence-corrected chi connectivity index (χ1v) is 6.28. The van der Waals surface area contributed by atoms with Crippen LogP contribution >= 0.6 is 11.3 Å². The van der Waals surface area contributed by atoms with Crippen molar-refractivity contribution in [3.63, 3.8) is 0 Å². The largest absolute Gasteiger partial charge is 0.363 e. The highest BCUT2D eigenvalue weighted by Gasteiger charge is 2.22. The Balaban J connectivity index is 2.10. The van der Waals surface area contributed by atoms with E-state index in [0.29, 0.717) is 0 Å². The lowest BCUT2D eigenvalue weighted by atomic mass is 9.92. The van der Waals surface area contributed by atoms with Gasteiger partial charge in [0.05, 0.1) is 5.00 Å². The molecule has 1 aliphatic rings. The molecular formula is C12H19NS. The van der Waals surface area contributed by atoms with Crippen molar-refractivity contribution in [2.75, 3.05) is 18.0 Å². The van der Waals surface area contributed by atoms with Gasteiger partial charge in [0.15, 0.2) is 0 Å². The molecular weight excluding hydrogens is 190 g/mol. The first kappa shape index (κ1) is 10.0. The number of aryl methyl sites for hydroxylation is 1. The van der Waals surface area contributed by atoms with Gasteiger partial charge < -0.3 is 4.90 Å². The lowest BCUT2D eigenvalue weighted by Gasteiger charge is -2.35. The van der Waals surface area contributed by atoms with Crippen molar-refractivity contribution >= 4 is 16.3 Å². The number of rotatable bonds is 1. The van der Waals surface area contributed by atoms with E-state index in [4.69, 9.17) is 0 Å². The minimum absolute atomic E-state index is 0.848. The minimum atomic E-state index is 0.848. The monoisotopic (exact) mass is 209 g/mol. The van der Waals surface area contributed by atoms with E-state index < -0.39 is 0 Å². The summed E-state index contributed by atoms with van der Waals surface area (Å²) in [5, 5.41) is 1.46. The van der Waals surface area contributed by atoms with E-state index in [2.05, 4.69) is 37.8 Å². The number of nitrogens with zero attached hydrogens (tertiary/aromatic N) is 1. The van der Waals surface area contributed by atoms with E-state index in [1.807, 2.05) is 11.3 Å². The number of hydrogen-bond acceptors (Lipinski definition) is 2. The molecule has 0 aliphatic carbocycles. The van der Waals surface area contributed by atoms with Gasteiger partial charge in [0.1, 0.15) is 0 Å². The molecule has 0 unspecified atom stereocenters. The molecule has 1 fully saturated rings. The van der Waals surface area contributed by atoms with Crippen LogP contribution in [-0.2, 0) is 0 Å². The SMILES string of the molecule is Cc1ccc(N2C[C@H](C)C[C@H](C)C2)s1. The van der Waals surface area contributed by atoms with E-state index >= 15 is 0 Å². The Bertz CT molecular complexity index is 295. The second-order valence-corrected chi connectivity index (χ2v) is 6.00. The molecule has 0 spiro atoms. The van der Waals surface area contributed by atoms with Crippen LogP contribution in [0.25, 0.3) is 0 Å². The molecule has 0 saturated carbocycles. The lowest BCUT2D eigenvalue weighted by molar-refractivity contribution is 0.358. The highest BCUT2D eigenvalue weighted by molar-refractivity contribution is 7.16. The average molecular weight is 209 g/mol. The maximum atomic E-state index is 2.55. The van der Waals surface area contributed by atoms with Crippen molar-refractivity contribution in [3.05, 3.63) is 17.0 Å². The summed E-state index contributed by atoms with van der Waals surface area (Å²) in [4.78, 5) is 3.97. The first-order chi connectivity index (χ1) is 6.65. The Morgan fingerprint density at radius 2 is 1.86 bits per heavy atom. The van der Waals surface area contributed by atoms with Gasteiger partial charge in [0.25, 0.3) is 0 Å². The number of anilines is 1. The van der Waals surface area contributed by atoms with Gasteiger partial charge in [-0.2, -0.15) is 0 Å². The van der Waals surface area contributed by atoms with Gasteiger partial charge in [-0.3, -0.25) is 0 Å². The standard InChI is InChI=1S/C12H19NS/c1-9-6-10(2)8-13(7-9)12-5-4-11(3)14-12/h4-5,9-10H,6-8H2,1-3H3/t9-,10+. The third-order valence-electron chi connectivity index (χ3n) is 2.91. The molecule has 2 atom stereocenters. The summed E-state index contributed by atoms with van der Waals surface area (Å²) >= 11 is 1.92. The quantitative estimate of drug-likeness (QED) is 0.684. The molecule has 1 aliphatic heterocycles. The molecule has 14 heavy (non-hydrogen) atoms. The van der Waals surface area contributed by atoms with Crippen LogP contribution in [0.1, 0.15) is 25.1 Å². The van der Waals surface area contributed by atoms with Gasteiger partial charge in [-0.05, 0) is 37.3 Å². The van der Waals surface area contributed by atoms with E-state index in [-0.39, 0.29) is 0 Å². The minimum Gasteiger partial charge on any atom is -0.363 e. The summed E-state index contributed by atoms with van der Waals surface area (Å²) in [5.41, 5.74) is 0. The van der Waals surface area contributed by atoms with E-state index in [0.717, 1.165) is 11.8 Å². The summed E-state index contributed by atoms with van der Waals surface area (Å²) in [7, 11) is 0. The van der Waals surface area contributed by atoms with Crippen molar-refractivity contribution in [2.45, 2.75) is 27.2 Å². The molecule has 0 aromatic carbocycles. The summed E-state index contributed by atoms with van der Waals surface area (Å²) in [6.07, 6.45) is 1.39. The molecule has 1 aromatic heterocycles. The molecule has 1 aromatic rings. The summed E-state index contributed by atoms with van der Waals surface area (Å²) in [6.45, 7) is 9.39. The van der Waals surface area contributed by atoms with Crippen molar-refractivity contribution < 1.29 is 0 Å². The third-order valence-corrected chi connectivity index (χ3v) is 3.97. The lowest BCUT2D eigenvalue weighted by Crippen LogP contribution is -2.38. The van der Waals surface area contributed by atoms with Crippen molar-refractivity contribution in [3.8, 4) is 0 Å². The predicted molar refractivity (Wildman–Crippen MR) is 64.2 cm³/mol. The van der Waals surface area contributed by atoms with E-state index in [1.54, 1.807) is 0 Å². The summed E-state index contributed by atoms with van der Waals surface area (Å²) in [5.74, 6) is 1.70. The normalized spacial score (nSPS) is 28.1. The Morgan fingerprint density at radius 1 is 1.21 bits per heavy atom. The summed E-state index contributed by atoms with van der Waals surface area (Å²) < 4.78 is 0. The molecule has 2 heteroatoms. The van der Waals surface area contributed by atoms with Crippen molar-refractivity contribution in [1.82, 2.24) is 0 Å². The van der Waals surface area contributed by atoms with Crippen molar-refractivity contribution in [2.24, 2.45) is 11.8 Å². The Morgan fingerprint density at radius 3 is 2.36 bits per heavy atom. The molecule has 1 nitrogen and oxygen atoms in total. The zero-order chi connectivity index (χ0) is 10.1. The van der Waals surface area contributed by atoms with E-state index in [1.165, 1.54) is 29.4 Å². The highest BCUT2D eigenvalue weighted by atomic mass is 32.1. The third kappa shape index (κ3) is 2.11. The molecule has 0 bridgehead atoms. The first-order valence-electron chi connectivity index (χ1n) is 5.46. The van der Waals surface area contributed by atoms with Gasteiger partial charge >= 0.3 is 0 Å². The van der Waals surface area contributed by atoms with Crippen LogP contribution in [0.4, 0.5) is 5.00 Å². The van der Waals surface area contributed by atoms with Gasteiger partial charge in [0.2, 0.25) is 0 Å². The van der Waals surface area contributed by atoms with Crippen LogP contribution in [0.15, 0.2) is 12.1 Å². The van der Waals surface area contributed by atoms with Crippen LogP contribution in [0.2, 0.25) is 0 Å². The number of piperidine rings is 1. The molecule has 78 valence electrons. The molecule has 0 N–H and O–H groups in total. The zero-order valence-corrected chi connectivity index (χ0v) is 10.1. The summed E-state index contributed by atoms with van der Waals surface area (Å²) in [6, 6.07) is 4.49. The highest BCUT2D eigenvalue weighted by Crippen LogP contribution is 2.31. The van der Waals surface area contributed by atoms with Crippen LogP contribution in [0, 0.1) is 18.8 Å². The fourth-order valence-corrected chi connectivity index (χ4v) is 3.31. The fraction of sp³-hybridized carbons (Fsp3) is 0.667. The van der Waals surface area contributed by atoms with Gasteiger partial charge in [0, 0.05) is 18.0 Å². The van der Waals surface area contributed by atoms with Crippen LogP contribution in [-0.4, -0.2) is 13.1 Å². The van der Waals surface area contributed by atoms with Crippen molar-refractivity contribution in [1.29, 1.82) is 0 Å². The predicted octanol–water partition coefficient (Wildman–Crippen LogP) is 3.54. The number of hydrogen-bond donors (Lipinski definition) is 0. The Kier molecular flexibility index (Phi) is 2.82. The van der Waals surface area contributed by atoms with Gasteiger partial charge in [-0.1, -0.05) is 13.8 Å². The Hall–Kier alpha value is -0.500. The topological polar surface area (TPSA) is 3.24 Å². The van der Waals surface area contributed by atoms with E-state index in [9.17, 15) is 0 Å². The average Bonchev–Trinajstić information content (AvgIpc) is 2.50. The maximum Gasteiger partial charge on any atom is 0.0911 e. The molecule has 0 radical (unpaired) electrons. The molecule has 2 heterocycles. The molecule has 2 rings (SSSR count). The van der Waals surface area contributed by atoms with Crippen LogP contribution in [0.5, 0.6) is 0 Å². The molecule has 0 amide bonds. The van der Waals surface area contributed by atoms with Gasteiger partial charge in [-0.25, -0.2) is 0 Å². The number of thiophene rings is 1. The zero-order valence-electron chi connectivity index (χ0n) is 9.29. The molecule has 1 saturated heterocycles. The smallest absolute Gasteiger partial charge is 0.0911 e. The Labute approximate surface area is 90.7 Å². The van der Waals surface area contributed by atoms with Crippen LogP contribution in [0.3, 0.4) is 0 Å².